The summed E-state index contributed by atoms with van der Waals surface area (Å²) in [7, 11) is 0. The van der Waals surface area contributed by atoms with Crippen molar-refractivity contribution < 1.29 is 9.53 Å². The Morgan fingerprint density at radius 3 is 2.26 bits per heavy atom. The fraction of sp³-hybridized carbons (Fsp3) is 0.188. The van der Waals surface area contributed by atoms with Gasteiger partial charge in [0.25, 0.3) is 0 Å². The van der Waals surface area contributed by atoms with E-state index in [0.717, 1.165) is 16.7 Å². The van der Waals surface area contributed by atoms with E-state index in [1.807, 2.05) is 60.7 Å². The van der Waals surface area contributed by atoms with Crippen molar-refractivity contribution in [2.45, 2.75) is 16.8 Å². The molecule has 0 saturated carbocycles. The van der Waals surface area contributed by atoms with Crippen molar-refractivity contribution >= 4 is 18.0 Å². The van der Waals surface area contributed by atoms with E-state index in [1.165, 1.54) is 11.8 Å². The largest absolute Gasteiger partial charge is 0.375 e. The monoisotopic (exact) mass is 272 g/mol. The standard InChI is InChI=1S/C16H16O2S/c17-11-16(19-15-9-5-2-6-10-15)13-18-12-14-7-3-1-4-8-14/h1-11,16H,12-13H2. The molecule has 0 bridgehead atoms. The Morgan fingerprint density at radius 1 is 1.00 bits per heavy atom. The Labute approximate surface area is 117 Å². The zero-order valence-electron chi connectivity index (χ0n) is 10.6. The minimum Gasteiger partial charge on any atom is -0.375 e. The molecule has 0 amide bonds. The van der Waals surface area contributed by atoms with Crippen LogP contribution < -0.4 is 0 Å². The van der Waals surface area contributed by atoms with Gasteiger partial charge in [0.2, 0.25) is 0 Å². The molecule has 1 atom stereocenters. The number of carbonyl (C=O) groups excluding carboxylic acids is 1. The first-order chi connectivity index (χ1) is 9.38. The number of ether oxygens (including phenoxy) is 1. The fourth-order valence-corrected chi connectivity index (χ4v) is 2.53. The van der Waals surface area contributed by atoms with E-state index in [1.54, 1.807) is 0 Å². The van der Waals surface area contributed by atoms with Crippen molar-refractivity contribution in [3.8, 4) is 0 Å². The maximum Gasteiger partial charge on any atom is 0.135 e. The second-order valence-electron chi connectivity index (χ2n) is 4.11. The van der Waals surface area contributed by atoms with Gasteiger partial charge in [0, 0.05) is 4.90 Å². The van der Waals surface area contributed by atoms with Crippen molar-refractivity contribution in [1.29, 1.82) is 0 Å². The lowest BCUT2D eigenvalue weighted by Crippen LogP contribution is -2.13. The summed E-state index contributed by atoms with van der Waals surface area (Å²) in [6.07, 6.45) is 0.947. The van der Waals surface area contributed by atoms with E-state index in [9.17, 15) is 4.79 Å². The van der Waals surface area contributed by atoms with Gasteiger partial charge >= 0.3 is 0 Å². The van der Waals surface area contributed by atoms with Crippen LogP contribution >= 0.6 is 11.8 Å². The van der Waals surface area contributed by atoms with Crippen LogP contribution in [0.25, 0.3) is 0 Å². The summed E-state index contributed by atoms with van der Waals surface area (Å²) in [6.45, 7) is 0.971. The second kappa shape index (κ2) is 7.77. The van der Waals surface area contributed by atoms with E-state index in [2.05, 4.69) is 0 Å². The molecule has 98 valence electrons. The van der Waals surface area contributed by atoms with Crippen LogP contribution in [0.3, 0.4) is 0 Å². The van der Waals surface area contributed by atoms with Crippen molar-refractivity contribution in [3.05, 3.63) is 66.2 Å². The van der Waals surface area contributed by atoms with Gasteiger partial charge in [-0.1, -0.05) is 48.5 Å². The summed E-state index contributed by atoms with van der Waals surface area (Å²) < 4.78 is 5.59. The number of rotatable bonds is 7. The van der Waals surface area contributed by atoms with Gasteiger partial charge in [0.05, 0.1) is 18.5 Å². The summed E-state index contributed by atoms with van der Waals surface area (Å²) in [5, 5.41) is -0.161. The van der Waals surface area contributed by atoms with Crippen molar-refractivity contribution in [2.24, 2.45) is 0 Å². The van der Waals surface area contributed by atoms with Crippen LogP contribution in [0.15, 0.2) is 65.6 Å². The normalized spacial score (nSPS) is 12.0. The first-order valence-corrected chi connectivity index (χ1v) is 7.05. The van der Waals surface area contributed by atoms with E-state index >= 15 is 0 Å². The Kier molecular flexibility index (Phi) is 5.66. The molecule has 0 N–H and O–H groups in total. The molecule has 0 fully saturated rings. The van der Waals surface area contributed by atoms with Crippen LogP contribution in [0.5, 0.6) is 0 Å². The highest BCUT2D eigenvalue weighted by atomic mass is 32.2. The number of aldehydes is 1. The first kappa shape index (κ1) is 13.8. The van der Waals surface area contributed by atoms with Gasteiger partial charge in [-0.05, 0) is 17.7 Å². The summed E-state index contributed by atoms with van der Waals surface area (Å²) in [5.74, 6) is 0. The molecule has 1 unspecified atom stereocenters. The SMILES string of the molecule is O=CC(COCc1ccccc1)Sc1ccccc1. The average molecular weight is 272 g/mol. The van der Waals surface area contributed by atoms with Crippen LogP contribution in [-0.2, 0) is 16.1 Å². The van der Waals surface area contributed by atoms with E-state index < -0.39 is 0 Å². The molecule has 2 aromatic carbocycles. The summed E-state index contributed by atoms with van der Waals surface area (Å²) in [4.78, 5) is 12.1. The maximum absolute atomic E-state index is 11.1. The highest BCUT2D eigenvalue weighted by Gasteiger charge is 2.09. The van der Waals surface area contributed by atoms with Crippen LogP contribution in [0.4, 0.5) is 0 Å². The van der Waals surface area contributed by atoms with Crippen molar-refractivity contribution in [3.63, 3.8) is 0 Å². The Hall–Kier alpha value is -1.58. The number of benzene rings is 2. The Bertz CT molecular complexity index is 485. The first-order valence-electron chi connectivity index (χ1n) is 6.17. The number of hydrogen-bond donors (Lipinski definition) is 0. The second-order valence-corrected chi connectivity index (χ2v) is 5.42. The number of thioether (sulfide) groups is 1. The quantitative estimate of drug-likeness (QED) is 0.569. The summed E-state index contributed by atoms with van der Waals surface area (Å²) in [6, 6.07) is 19.9. The molecule has 0 aliphatic heterocycles. The van der Waals surface area contributed by atoms with Crippen molar-refractivity contribution in [2.75, 3.05) is 6.61 Å². The minimum absolute atomic E-state index is 0.161. The third-order valence-electron chi connectivity index (χ3n) is 2.58. The highest BCUT2D eigenvalue weighted by Crippen LogP contribution is 2.22. The highest BCUT2D eigenvalue weighted by molar-refractivity contribution is 8.00. The topological polar surface area (TPSA) is 26.3 Å². The van der Waals surface area contributed by atoms with E-state index in [-0.39, 0.29) is 5.25 Å². The molecular formula is C16H16O2S. The molecule has 0 saturated heterocycles. The van der Waals surface area contributed by atoms with Crippen LogP contribution in [0, 0.1) is 0 Å². The van der Waals surface area contributed by atoms with Crippen molar-refractivity contribution in [1.82, 2.24) is 0 Å². The summed E-state index contributed by atoms with van der Waals surface area (Å²) in [5.41, 5.74) is 1.12. The van der Waals surface area contributed by atoms with Gasteiger partial charge in [-0.25, -0.2) is 0 Å². The van der Waals surface area contributed by atoms with E-state index in [0.29, 0.717) is 13.2 Å². The predicted molar refractivity (Wildman–Crippen MR) is 78.2 cm³/mol. The van der Waals surface area contributed by atoms with E-state index in [4.69, 9.17) is 4.74 Å². The van der Waals surface area contributed by atoms with Crippen LogP contribution in [0.2, 0.25) is 0 Å². The molecule has 2 rings (SSSR count). The molecule has 0 aliphatic carbocycles. The molecule has 19 heavy (non-hydrogen) atoms. The maximum atomic E-state index is 11.1. The molecule has 0 aliphatic rings. The van der Waals surface area contributed by atoms with Crippen LogP contribution in [-0.4, -0.2) is 18.1 Å². The van der Waals surface area contributed by atoms with Gasteiger partial charge in [-0.3, -0.25) is 0 Å². The zero-order chi connectivity index (χ0) is 13.3. The van der Waals surface area contributed by atoms with Gasteiger partial charge in [-0.15, -0.1) is 11.8 Å². The molecule has 0 spiro atoms. The molecule has 2 nitrogen and oxygen atoms in total. The predicted octanol–water partition coefficient (Wildman–Crippen LogP) is 3.56. The Balaban J connectivity index is 1.78. The number of carbonyl (C=O) groups is 1. The third-order valence-corrected chi connectivity index (χ3v) is 3.67. The lowest BCUT2D eigenvalue weighted by molar-refractivity contribution is -0.108. The molecular weight excluding hydrogens is 256 g/mol. The zero-order valence-corrected chi connectivity index (χ0v) is 11.4. The third kappa shape index (κ3) is 4.89. The average Bonchev–Trinajstić information content (AvgIpc) is 2.48. The van der Waals surface area contributed by atoms with Gasteiger partial charge in [0.1, 0.15) is 6.29 Å². The molecule has 0 radical (unpaired) electrons. The lowest BCUT2D eigenvalue weighted by atomic mass is 10.2. The Morgan fingerprint density at radius 2 is 1.63 bits per heavy atom. The summed E-state index contributed by atoms with van der Waals surface area (Å²) >= 11 is 1.53. The van der Waals surface area contributed by atoms with Gasteiger partial charge in [0.15, 0.2) is 0 Å². The minimum atomic E-state index is -0.161. The van der Waals surface area contributed by atoms with Crippen LogP contribution in [0.1, 0.15) is 5.56 Å². The molecule has 2 aromatic rings. The molecule has 3 heteroatoms. The smallest absolute Gasteiger partial charge is 0.135 e. The van der Waals surface area contributed by atoms with Gasteiger partial charge < -0.3 is 9.53 Å². The molecule has 0 aromatic heterocycles. The van der Waals surface area contributed by atoms with Gasteiger partial charge in [-0.2, -0.15) is 0 Å². The number of hydrogen-bond acceptors (Lipinski definition) is 3. The fourth-order valence-electron chi connectivity index (χ4n) is 1.64. The molecule has 0 heterocycles. The lowest BCUT2D eigenvalue weighted by Gasteiger charge is -2.10.